The average molecular weight is 185 g/mol. The summed E-state index contributed by atoms with van der Waals surface area (Å²) in [6.07, 6.45) is -0.527. The lowest BCUT2D eigenvalue weighted by molar-refractivity contribution is 0.0955. The average Bonchev–Trinajstić information content (AvgIpc) is 2.03. The molecule has 0 fully saturated rings. The van der Waals surface area contributed by atoms with Gasteiger partial charge in [-0.1, -0.05) is 20.4 Å². The van der Waals surface area contributed by atoms with Gasteiger partial charge in [-0.05, 0) is 13.0 Å². The molecule has 0 aromatic rings. The van der Waals surface area contributed by atoms with Crippen LogP contribution in [-0.4, -0.2) is 25.8 Å². The molecule has 4 nitrogen and oxygen atoms in total. The van der Waals surface area contributed by atoms with E-state index in [1.165, 1.54) is 0 Å². The topological polar surface area (TPSA) is 58.6 Å². The maximum atomic E-state index is 10.3. The lowest BCUT2D eigenvalue weighted by Gasteiger charge is -2.28. The molecule has 0 saturated carbocycles. The van der Waals surface area contributed by atoms with Crippen LogP contribution in [0.15, 0.2) is 12.3 Å². The normalized spacial score (nSPS) is 14.6. The monoisotopic (exact) mass is 185 g/mol. The summed E-state index contributed by atoms with van der Waals surface area (Å²) in [6, 6.07) is 0. The highest BCUT2D eigenvalue weighted by Gasteiger charge is 2.27. The first kappa shape index (κ1) is 12.0. The molecule has 1 atom stereocenters. The summed E-state index contributed by atoms with van der Waals surface area (Å²) in [5.41, 5.74) is -0.326. The van der Waals surface area contributed by atoms with Gasteiger partial charge >= 0.3 is 6.16 Å². The van der Waals surface area contributed by atoms with Crippen molar-refractivity contribution in [2.24, 2.45) is 5.41 Å². The van der Waals surface area contributed by atoms with Gasteiger partial charge < -0.3 is 15.1 Å². The van der Waals surface area contributed by atoms with Crippen LogP contribution < -0.4 is 5.23 Å². The van der Waals surface area contributed by atoms with E-state index in [0.717, 1.165) is 6.42 Å². The SMILES string of the molecule is BNCC(C)(CC)C(=C)OC(=O)O. The Labute approximate surface area is 79.4 Å². The predicted octanol–water partition coefficient (Wildman–Crippen LogP) is 0.749. The first-order valence-corrected chi connectivity index (χ1v) is 4.21. The van der Waals surface area contributed by atoms with E-state index in [9.17, 15) is 4.79 Å². The molecule has 13 heavy (non-hydrogen) atoms. The molecular formula is C8H16BNO3. The van der Waals surface area contributed by atoms with Crippen molar-refractivity contribution in [2.75, 3.05) is 6.54 Å². The van der Waals surface area contributed by atoms with Crippen molar-refractivity contribution in [3.05, 3.63) is 12.3 Å². The number of rotatable bonds is 5. The van der Waals surface area contributed by atoms with E-state index in [4.69, 9.17) is 5.11 Å². The second kappa shape index (κ2) is 4.92. The maximum absolute atomic E-state index is 10.3. The van der Waals surface area contributed by atoms with E-state index >= 15 is 0 Å². The van der Waals surface area contributed by atoms with Gasteiger partial charge in [-0.15, -0.1) is 0 Å². The number of ether oxygens (including phenoxy) is 1. The molecule has 0 spiro atoms. The first-order valence-electron chi connectivity index (χ1n) is 4.21. The molecule has 0 aliphatic carbocycles. The third kappa shape index (κ3) is 3.50. The van der Waals surface area contributed by atoms with Crippen LogP contribution in [0.1, 0.15) is 20.3 Å². The van der Waals surface area contributed by atoms with E-state index in [1.54, 1.807) is 0 Å². The Balaban J connectivity index is 4.37. The summed E-state index contributed by atoms with van der Waals surface area (Å²) in [5, 5.41) is 11.4. The van der Waals surface area contributed by atoms with E-state index in [2.05, 4.69) is 16.5 Å². The van der Waals surface area contributed by atoms with Crippen molar-refractivity contribution in [1.82, 2.24) is 5.23 Å². The number of carbonyl (C=O) groups is 1. The smallest absolute Gasteiger partial charge is 0.449 e. The molecule has 0 aliphatic rings. The number of carboxylic acid groups (broad SMARTS) is 1. The molecule has 0 saturated heterocycles. The quantitative estimate of drug-likeness (QED) is 0.377. The fraction of sp³-hybridized carbons (Fsp3) is 0.625. The van der Waals surface area contributed by atoms with Crippen molar-refractivity contribution in [3.8, 4) is 0 Å². The molecule has 0 aliphatic heterocycles. The Bertz CT molecular complexity index is 208. The van der Waals surface area contributed by atoms with Crippen LogP contribution >= 0.6 is 0 Å². The maximum Gasteiger partial charge on any atom is 0.511 e. The second-order valence-electron chi connectivity index (χ2n) is 3.24. The molecule has 1 unspecified atom stereocenters. The Hall–Kier alpha value is -0.965. The van der Waals surface area contributed by atoms with E-state index in [-0.39, 0.29) is 11.2 Å². The van der Waals surface area contributed by atoms with Gasteiger partial charge in [0.15, 0.2) is 7.98 Å². The van der Waals surface area contributed by atoms with Crippen molar-refractivity contribution in [2.45, 2.75) is 20.3 Å². The van der Waals surface area contributed by atoms with Crippen molar-refractivity contribution >= 4 is 14.1 Å². The molecule has 2 N–H and O–H groups in total. The zero-order chi connectivity index (χ0) is 10.5. The Morgan fingerprint density at radius 3 is 2.62 bits per heavy atom. The summed E-state index contributed by atoms with van der Waals surface area (Å²) in [5.74, 6) is 0.289. The van der Waals surface area contributed by atoms with Gasteiger partial charge in [0, 0.05) is 5.41 Å². The van der Waals surface area contributed by atoms with Crippen molar-refractivity contribution < 1.29 is 14.6 Å². The van der Waals surface area contributed by atoms with Gasteiger partial charge in [-0.2, -0.15) is 0 Å². The standard InChI is InChI=1S/C8H16BNO3/c1-4-8(3,5-10-9)6(2)13-7(11)12/h10H,2,4-5,9H2,1,3H3,(H,11,12). The van der Waals surface area contributed by atoms with Crippen LogP contribution in [-0.2, 0) is 4.74 Å². The molecule has 0 bridgehead atoms. The first-order chi connectivity index (χ1) is 5.96. The lowest BCUT2D eigenvalue weighted by Crippen LogP contribution is -2.32. The third-order valence-corrected chi connectivity index (χ3v) is 2.23. The zero-order valence-electron chi connectivity index (χ0n) is 8.39. The largest absolute Gasteiger partial charge is 0.511 e. The Morgan fingerprint density at radius 2 is 2.31 bits per heavy atom. The molecule has 0 aromatic carbocycles. The molecule has 0 heterocycles. The number of hydrogen-bond donors (Lipinski definition) is 2. The highest BCUT2D eigenvalue weighted by molar-refractivity contribution is 6.04. The predicted molar refractivity (Wildman–Crippen MR) is 53.2 cm³/mol. The van der Waals surface area contributed by atoms with Crippen LogP contribution in [0.25, 0.3) is 0 Å². The van der Waals surface area contributed by atoms with Crippen LogP contribution in [0.4, 0.5) is 4.79 Å². The second-order valence-corrected chi connectivity index (χ2v) is 3.24. The van der Waals surface area contributed by atoms with Gasteiger partial charge in [-0.25, -0.2) is 4.79 Å². The van der Waals surface area contributed by atoms with E-state index < -0.39 is 6.16 Å². The highest BCUT2D eigenvalue weighted by Crippen LogP contribution is 2.29. The summed E-state index contributed by atoms with van der Waals surface area (Å²) in [7, 11) is 1.81. The van der Waals surface area contributed by atoms with Crippen LogP contribution in [0.5, 0.6) is 0 Å². The fourth-order valence-corrected chi connectivity index (χ4v) is 1.04. The highest BCUT2D eigenvalue weighted by atomic mass is 16.7. The minimum absolute atomic E-state index is 0.289. The Kier molecular flexibility index (Phi) is 4.55. The third-order valence-electron chi connectivity index (χ3n) is 2.23. The van der Waals surface area contributed by atoms with Gasteiger partial charge in [0.1, 0.15) is 5.76 Å². The van der Waals surface area contributed by atoms with Crippen LogP contribution in [0.3, 0.4) is 0 Å². The molecule has 0 rings (SSSR count). The summed E-state index contributed by atoms with van der Waals surface area (Å²) < 4.78 is 4.54. The molecule has 0 aromatic heterocycles. The summed E-state index contributed by atoms with van der Waals surface area (Å²) in [6.45, 7) is 8.14. The zero-order valence-corrected chi connectivity index (χ0v) is 8.39. The molecular weight excluding hydrogens is 169 g/mol. The van der Waals surface area contributed by atoms with Crippen molar-refractivity contribution in [1.29, 1.82) is 0 Å². The Morgan fingerprint density at radius 1 is 1.77 bits per heavy atom. The molecule has 74 valence electrons. The van der Waals surface area contributed by atoms with Crippen LogP contribution in [0.2, 0.25) is 0 Å². The lowest BCUT2D eigenvalue weighted by atomic mass is 9.85. The molecule has 0 radical (unpaired) electrons. The minimum atomic E-state index is -1.30. The fourth-order valence-electron chi connectivity index (χ4n) is 1.04. The van der Waals surface area contributed by atoms with Gasteiger partial charge in [0.25, 0.3) is 0 Å². The van der Waals surface area contributed by atoms with Gasteiger partial charge in [0.2, 0.25) is 0 Å². The van der Waals surface area contributed by atoms with Gasteiger partial charge in [0.05, 0.1) is 0 Å². The van der Waals surface area contributed by atoms with Crippen molar-refractivity contribution in [3.63, 3.8) is 0 Å². The number of nitrogens with one attached hydrogen (secondary N) is 1. The summed E-state index contributed by atoms with van der Waals surface area (Å²) >= 11 is 0. The molecule has 5 heteroatoms. The molecule has 0 amide bonds. The summed E-state index contributed by atoms with van der Waals surface area (Å²) in [4.78, 5) is 10.3. The number of hydrogen-bond acceptors (Lipinski definition) is 3. The van der Waals surface area contributed by atoms with E-state index in [0.29, 0.717) is 6.54 Å². The van der Waals surface area contributed by atoms with Crippen LogP contribution in [0, 0.1) is 5.41 Å². The minimum Gasteiger partial charge on any atom is -0.449 e. The van der Waals surface area contributed by atoms with E-state index in [1.807, 2.05) is 21.8 Å². The van der Waals surface area contributed by atoms with Gasteiger partial charge in [-0.3, -0.25) is 0 Å².